The molecule has 0 aliphatic carbocycles. The van der Waals surface area contributed by atoms with Crippen molar-refractivity contribution in [2.45, 2.75) is 6.92 Å². The summed E-state index contributed by atoms with van der Waals surface area (Å²) in [6, 6.07) is 6.51. The Kier molecular flexibility index (Phi) is 2.41. The van der Waals surface area contributed by atoms with Crippen molar-refractivity contribution < 1.29 is 8.81 Å². The van der Waals surface area contributed by atoms with Gasteiger partial charge in [-0.25, -0.2) is 4.39 Å². The highest BCUT2D eigenvalue weighted by atomic mass is 19.1. The molecule has 19 heavy (non-hydrogen) atoms. The number of furan rings is 1. The fraction of sp³-hybridized carbons (Fsp3) is 0.0714. The van der Waals surface area contributed by atoms with Crippen LogP contribution in [-0.4, -0.2) is 4.98 Å². The molecule has 0 bridgehead atoms. The summed E-state index contributed by atoms with van der Waals surface area (Å²) in [5, 5.41) is 0.712. The van der Waals surface area contributed by atoms with Crippen molar-refractivity contribution in [2.75, 3.05) is 11.5 Å². The van der Waals surface area contributed by atoms with E-state index in [1.807, 2.05) is 0 Å². The van der Waals surface area contributed by atoms with Crippen LogP contribution in [0.15, 0.2) is 34.9 Å². The predicted octanol–water partition coefficient (Wildman–Crippen LogP) is 3.11. The maximum absolute atomic E-state index is 13.3. The number of nitrogen functional groups attached to an aromatic ring is 2. The van der Waals surface area contributed by atoms with Gasteiger partial charge >= 0.3 is 0 Å². The molecule has 2 aromatic heterocycles. The first kappa shape index (κ1) is 11.5. The molecule has 0 fully saturated rings. The van der Waals surface area contributed by atoms with E-state index in [4.69, 9.17) is 15.9 Å². The molecule has 96 valence electrons. The molecule has 0 saturated carbocycles. The van der Waals surface area contributed by atoms with Crippen molar-refractivity contribution in [2.24, 2.45) is 0 Å². The number of hydrogen-bond acceptors (Lipinski definition) is 4. The van der Waals surface area contributed by atoms with Gasteiger partial charge in [0.15, 0.2) is 5.58 Å². The van der Waals surface area contributed by atoms with Gasteiger partial charge in [0.25, 0.3) is 0 Å². The highest BCUT2D eigenvalue weighted by molar-refractivity contribution is 6.01. The van der Waals surface area contributed by atoms with Crippen molar-refractivity contribution in [3.8, 4) is 11.3 Å². The zero-order chi connectivity index (χ0) is 13.6. The number of aryl methyl sites for hydroxylation is 1. The lowest BCUT2D eigenvalue weighted by Crippen LogP contribution is -1.89. The zero-order valence-electron chi connectivity index (χ0n) is 10.3. The van der Waals surface area contributed by atoms with E-state index in [1.165, 1.54) is 6.07 Å². The first-order valence-electron chi connectivity index (χ1n) is 5.77. The van der Waals surface area contributed by atoms with Gasteiger partial charge < -0.3 is 15.9 Å². The summed E-state index contributed by atoms with van der Waals surface area (Å²) in [5.74, 6) is -0.0857. The lowest BCUT2D eigenvalue weighted by Gasteiger charge is -2.03. The van der Waals surface area contributed by atoms with Crippen molar-refractivity contribution in [1.82, 2.24) is 4.98 Å². The number of pyridine rings is 1. The van der Waals surface area contributed by atoms with Crippen LogP contribution in [-0.2, 0) is 0 Å². The molecular formula is C14H12FN3O. The average Bonchev–Trinajstić information content (AvgIpc) is 2.69. The van der Waals surface area contributed by atoms with Crippen LogP contribution in [0.3, 0.4) is 0 Å². The Hall–Kier alpha value is -2.56. The van der Waals surface area contributed by atoms with E-state index < -0.39 is 0 Å². The highest BCUT2D eigenvalue weighted by Crippen LogP contribution is 2.35. The van der Waals surface area contributed by atoms with Gasteiger partial charge in [0.1, 0.15) is 17.2 Å². The van der Waals surface area contributed by atoms with Crippen LogP contribution >= 0.6 is 0 Å². The van der Waals surface area contributed by atoms with E-state index in [9.17, 15) is 4.39 Å². The molecule has 0 unspecified atom stereocenters. The molecule has 3 rings (SSSR count). The largest absolute Gasteiger partial charge is 0.436 e. The summed E-state index contributed by atoms with van der Waals surface area (Å²) in [4.78, 5) is 4.28. The van der Waals surface area contributed by atoms with E-state index in [2.05, 4.69) is 4.98 Å². The van der Waals surface area contributed by atoms with Crippen LogP contribution in [0.5, 0.6) is 0 Å². The van der Waals surface area contributed by atoms with E-state index in [-0.39, 0.29) is 11.7 Å². The molecular weight excluding hydrogens is 245 g/mol. The first-order valence-corrected chi connectivity index (χ1v) is 5.77. The predicted molar refractivity (Wildman–Crippen MR) is 73.0 cm³/mol. The second kappa shape index (κ2) is 3.98. The number of nitrogens with two attached hydrogens (primary N) is 2. The fourth-order valence-corrected chi connectivity index (χ4v) is 2.06. The fourth-order valence-electron chi connectivity index (χ4n) is 2.06. The minimum atomic E-state index is -0.255. The number of fused-ring (bicyclic) bond motifs is 1. The van der Waals surface area contributed by atoms with Gasteiger partial charge in [-0.05, 0) is 36.8 Å². The molecule has 0 spiro atoms. The standard InChI is InChI=1S/C14H12FN3O/c1-7-6-8(2-3-10(7)15)12-13-9(4-5-18-12)11(16)14(17)19-13/h2-6H,16-17H2,1H3. The van der Waals surface area contributed by atoms with Crippen LogP contribution in [0.25, 0.3) is 22.2 Å². The lowest BCUT2D eigenvalue weighted by atomic mass is 10.1. The van der Waals surface area contributed by atoms with Crippen LogP contribution in [0.2, 0.25) is 0 Å². The van der Waals surface area contributed by atoms with Crippen molar-refractivity contribution in [1.29, 1.82) is 0 Å². The number of aromatic nitrogens is 1. The Morgan fingerprint density at radius 3 is 2.74 bits per heavy atom. The van der Waals surface area contributed by atoms with E-state index in [1.54, 1.807) is 31.3 Å². The van der Waals surface area contributed by atoms with E-state index in [0.717, 1.165) is 5.56 Å². The van der Waals surface area contributed by atoms with Gasteiger partial charge in [-0.15, -0.1) is 0 Å². The maximum Gasteiger partial charge on any atom is 0.214 e. The van der Waals surface area contributed by atoms with Crippen molar-refractivity contribution in [3.63, 3.8) is 0 Å². The Morgan fingerprint density at radius 1 is 1.21 bits per heavy atom. The Bertz CT molecular complexity index is 780. The summed E-state index contributed by atoms with van der Waals surface area (Å²) in [7, 11) is 0. The molecule has 1 aromatic carbocycles. The Labute approximate surface area is 108 Å². The molecule has 0 aliphatic rings. The molecule has 4 nitrogen and oxygen atoms in total. The van der Waals surface area contributed by atoms with Crippen LogP contribution in [0, 0.1) is 12.7 Å². The summed E-state index contributed by atoms with van der Waals surface area (Å²) in [5.41, 5.74) is 14.3. The van der Waals surface area contributed by atoms with Crippen LogP contribution < -0.4 is 11.5 Å². The normalized spacial score (nSPS) is 11.1. The zero-order valence-corrected chi connectivity index (χ0v) is 10.3. The third-order valence-corrected chi connectivity index (χ3v) is 3.10. The van der Waals surface area contributed by atoms with E-state index in [0.29, 0.717) is 27.9 Å². The minimum absolute atomic E-state index is 0.170. The van der Waals surface area contributed by atoms with Crippen molar-refractivity contribution >= 4 is 22.5 Å². The quantitative estimate of drug-likeness (QED) is 0.702. The molecule has 0 atom stereocenters. The van der Waals surface area contributed by atoms with Crippen LogP contribution in [0.4, 0.5) is 16.0 Å². The highest BCUT2D eigenvalue weighted by Gasteiger charge is 2.15. The maximum atomic E-state index is 13.3. The second-order valence-electron chi connectivity index (χ2n) is 4.38. The van der Waals surface area contributed by atoms with Gasteiger partial charge in [-0.1, -0.05) is 0 Å². The number of halogens is 1. The third kappa shape index (κ3) is 1.71. The van der Waals surface area contributed by atoms with Gasteiger partial charge in [-0.3, -0.25) is 4.98 Å². The molecule has 5 heteroatoms. The Morgan fingerprint density at radius 2 is 2.00 bits per heavy atom. The number of hydrogen-bond donors (Lipinski definition) is 2. The third-order valence-electron chi connectivity index (χ3n) is 3.10. The summed E-state index contributed by atoms with van der Waals surface area (Å²) >= 11 is 0. The summed E-state index contributed by atoms with van der Waals surface area (Å²) in [6.07, 6.45) is 1.63. The minimum Gasteiger partial charge on any atom is -0.436 e. The Balaban J connectivity index is 2.30. The molecule has 0 aliphatic heterocycles. The molecule has 4 N–H and O–H groups in total. The smallest absolute Gasteiger partial charge is 0.214 e. The van der Waals surface area contributed by atoms with Gasteiger partial charge in [0.05, 0.1) is 0 Å². The van der Waals surface area contributed by atoms with Gasteiger partial charge in [0.2, 0.25) is 5.88 Å². The van der Waals surface area contributed by atoms with Gasteiger partial charge in [-0.2, -0.15) is 0 Å². The lowest BCUT2D eigenvalue weighted by molar-refractivity contribution is 0.618. The average molecular weight is 257 g/mol. The molecule has 0 saturated heterocycles. The molecule has 0 radical (unpaired) electrons. The first-order chi connectivity index (χ1) is 9.08. The molecule has 3 aromatic rings. The monoisotopic (exact) mass is 257 g/mol. The second-order valence-corrected chi connectivity index (χ2v) is 4.38. The summed E-state index contributed by atoms with van der Waals surface area (Å²) in [6.45, 7) is 1.70. The summed E-state index contributed by atoms with van der Waals surface area (Å²) < 4.78 is 18.8. The number of nitrogens with zero attached hydrogens (tertiary/aromatic N) is 1. The topological polar surface area (TPSA) is 78.1 Å². The SMILES string of the molecule is Cc1cc(-c2nccc3c(N)c(N)oc23)ccc1F. The van der Waals surface area contributed by atoms with E-state index >= 15 is 0 Å². The molecule has 2 heterocycles. The van der Waals surface area contributed by atoms with Crippen molar-refractivity contribution in [3.05, 3.63) is 41.8 Å². The number of rotatable bonds is 1. The number of anilines is 2. The molecule has 0 amide bonds. The van der Waals surface area contributed by atoms with Gasteiger partial charge in [0, 0.05) is 17.1 Å². The number of benzene rings is 1. The van der Waals surface area contributed by atoms with Crippen LogP contribution in [0.1, 0.15) is 5.56 Å².